The highest BCUT2D eigenvalue weighted by atomic mass is 19.1. The molecule has 0 radical (unpaired) electrons. The zero-order chi connectivity index (χ0) is 15.1. The van der Waals surface area contributed by atoms with Gasteiger partial charge in [0.15, 0.2) is 5.84 Å². The molecule has 4 nitrogen and oxygen atoms in total. The Morgan fingerprint density at radius 2 is 1.86 bits per heavy atom. The van der Waals surface area contributed by atoms with Crippen LogP contribution in [0.1, 0.15) is 16.7 Å². The molecule has 21 heavy (non-hydrogen) atoms. The van der Waals surface area contributed by atoms with Crippen LogP contribution in [-0.2, 0) is 13.0 Å². The number of benzene rings is 2. The summed E-state index contributed by atoms with van der Waals surface area (Å²) in [5, 5.41) is 14.8. The molecule has 0 aromatic heterocycles. The maximum atomic E-state index is 13.4. The Kier molecular flexibility index (Phi) is 5.29. The highest BCUT2D eigenvalue weighted by Gasteiger charge is 2.01. The van der Waals surface area contributed by atoms with Gasteiger partial charge in [0, 0.05) is 12.1 Å². The standard InChI is InChI=1S/C16H18FN3O/c17-15-4-2-1-3-13(15)9-10-19-11-12-5-7-14(8-6-12)16(18)20-21/h1-8,19,21H,9-11H2,(H2,18,20). The quantitative estimate of drug-likeness (QED) is 0.251. The molecule has 0 saturated carbocycles. The van der Waals surface area contributed by atoms with Gasteiger partial charge >= 0.3 is 0 Å². The zero-order valence-corrected chi connectivity index (χ0v) is 11.6. The van der Waals surface area contributed by atoms with Crippen molar-refractivity contribution in [1.82, 2.24) is 5.32 Å². The molecule has 0 heterocycles. The van der Waals surface area contributed by atoms with Gasteiger partial charge < -0.3 is 16.3 Å². The lowest BCUT2D eigenvalue weighted by molar-refractivity contribution is 0.318. The zero-order valence-electron chi connectivity index (χ0n) is 11.6. The third-order valence-electron chi connectivity index (χ3n) is 3.22. The van der Waals surface area contributed by atoms with Crippen LogP contribution in [-0.4, -0.2) is 17.6 Å². The highest BCUT2D eigenvalue weighted by Crippen LogP contribution is 2.07. The van der Waals surface area contributed by atoms with Gasteiger partial charge in [-0.2, -0.15) is 0 Å². The van der Waals surface area contributed by atoms with E-state index in [2.05, 4.69) is 10.5 Å². The van der Waals surface area contributed by atoms with E-state index in [1.54, 1.807) is 24.3 Å². The van der Waals surface area contributed by atoms with Crippen LogP contribution in [0.4, 0.5) is 4.39 Å². The topological polar surface area (TPSA) is 70.6 Å². The molecule has 0 spiro atoms. The first-order chi connectivity index (χ1) is 10.2. The average Bonchev–Trinajstić information content (AvgIpc) is 2.53. The summed E-state index contributed by atoms with van der Waals surface area (Å²) in [5.41, 5.74) is 7.96. The van der Waals surface area contributed by atoms with Gasteiger partial charge in [0.1, 0.15) is 5.82 Å². The second-order valence-corrected chi connectivity index (χ2v) is 4.70. The second-order valence-electron chi connectivity index (χ2n) is 4.70. The molecule has 4 N–H and O–H groups in total. The van der Waals surface area contributed by atoms with Crippen LogP contribution in [0.2, 0.25) is 0 Å². The SMILES string of the molecule is NC(=NO)c1ccc(CNCCc2ccccc2F)cc1. The lowest BCUT2D eigenvalue weighted by Crippen LogP contribution is -2.17. The Morgan fingerprint density at radius 1 is 1.14 bits per heavy atom. The van der Waals surface area contributed by atoms with Crippen LogP contribution in [0.5, 0.6) is 0 Å². The number of hydrogen-bond acceptors (Lipinski definition) is 3. The van der Waals surface area contributed by atoms with E-state index in [1.165, 1.54) is 6.07 Å². The smallest absolute Gasteiger partial charge is 0.170 e. The van der Waals surface area contributed by atoms with Crippen molar-refractivity contribution in [2.45, 2.75) is 13.0 Å². The molecule has 0 aliphatic carbocycles. The van der Waals surface area contributed by atoms with Gasteiger partial charge in [0.05, 0.1) is 0 Å². The second kappa shape index (κ2) is 7.40. The van der Waals surface area contributed by atoms with E-state index in [0.717, 1.165) is 5.56 Å². The van der Waals surface area contributed by atoms with Crippen LogP contribution in [0.15, 0.2) is 53.7 Å². The number of oxime groups is 1. The van der Waals surface area contributed by atoms with E-state index in [1.807, 2.05) is 18.2 Å². The number of nitrogens with one attached hydrogen (secondary N) is 1. The molecule has 0 amide bonds. The minimum atomic E-state index is -0.164. The van der Waals surface area contributed by atoms with Gasteiger partial charge in [0.2, 0.25) is 0 Å². The van der Waals surface area contributed by atoms with Crippen LogP contribution >= 0.6 is 0 Å². The van der Waals surface area contributed by atoms with E-state index in [-0.39, 0.29) is 11.7 Å². The Morgan fingerprint density at radius 3 is 2.52 bits per heavy atom. The van der Waals surface area contributed by atoms with Crippen molar-refractivity contribution >= 4 is 5.84 Å². The van der Waals surface area contributed by atoms with E-state index in [4.69, 9.17) is 10.9 Å². The first-order valence-electron chi connectivity index (χ1n) is 6.71. The number of nitrogens with zero attached hydrogens (tertiary/aromatic N) is 1. The molecular weight excluding hydrogens is 269 g/mol. The predicted octanol–water partition coefficient (Wildman–Crippen LogP) is 2.25. The molecule has 110 valence electrons. The van der Waals surface area contributed by atoms with Crippen LogP contribution in [0.3, 0.4) is 0 Å². The molecule has 0 atom stereocenters. The molecule has 0 aliphatic heterocycles. The van der Waals surface area contributed by atoms with Gasteiger partial charge in [0.25, 0.3) is 0 Å². The van der Waals surface area contributed by atoms with Gasteiger partial charge in [-0.25, -0.2) is 4.39 Å². The van der Waals surface area contributed by atoms with Crippen LogP contribution < -0.4 is 11.1 Å². The molecular formula is C16H18FN3O. The maximum absolute atomic E-state index is 13.4. The molecule has 0 aliphatic rings. The third kappa shape index (κ3) is 4.29. The molecule has 2 aromatic rings. The highest BCUT2D eigenvalue weighted by molar-refractivity contribution is 5.96. The largest absolute Gasteiger partial charge is 0.409 e. The van der Waals surface area contributed by atoms with E-state index < -0.39 is 0 Å². The molecule has 2 rings (SSSR count). The normalized spacial score (nSPS) is 11.6. The Bertz CT molecular complexity index is 611. The summed E-state index contributed by atoms with van der Waals surface area (Å²) in [7, 11) is 0. The third-order valence-corrected chi connectivity index (χ3v) is 3.22. The van der Waals surface area contributed by atoms with Gasteiger partial charge in [-0.05, 0) is 30.2 Å². The minimum absolute atomic E-state index is 0.0917. The van der Waals surface area contributed by atoms with Crippen LogP contribution in [0.25, 0.3) is 0 Å². The molecule has 0 unspecified atom stereocenters. The first-order valence-corrected chi connectivity index (χ1v) is 6.71. The molecule has 0 bridgehead atoms. The van der Waals surface area contributed by atoms with Crippen molar-refractivity contribution in [2.75, 3.05) is 6.54 Å². The lowest BCUT2D eigenvalue weighted by atomic mass is 10.1. The number of rotatable bonds is 6. The number of hydrogen-bond donors (Lipinski definition) is 3. The lowest BCUT2D eigenvalue weighted by Gasteiger charge is -2.07. The van der Waals surface area contributed by atoms with E-state index in [0.29, 0.717) is 30.6 Å². The van der Waals surface area contributed by atoms with E-state index in [9.17, 15) is 4.39 Å². The Labute approximate surface area is 123 Å². The van der Waals surface area contributed by atoms with Gasteiger partial charge in [-0.15, -0.1) is 0 Å². The summed E-state index contributed by atoms with van der Waals surface area (Å²) in [6.45, 7) is 1.38. The first kappa shape index (κ1) is 15.0. The average molecular weight is 287 g/mol. The number of halogens is 1. The minimum Gasteiger partial charge on any atom is -0.409 e. The Balaban J connectivity index is 1.80. The summed E-state index contributed by atoms with van der Waals surface area (Å²) in [6.07, 6.45) is 0.648. The van der Waals surface area contributed by atoms with Crippen molar-refractivity contribution in [3.63, 3.8) is 0 Å². The fourth-order valence-electron chi connectivity index (χ4n) is 2.01. The Hall–Kier alpha value is -2.40. The molecule has 5 heteroatoms. The van der Waals surface area contributed by atoms with Gasteiger partial charge in [-0.1, -0.05) is 47.6 Å². The number of nitrogens with two attached hydrogens (primary N) is 1. The molecule has 0 fully saturated rings. The summed E-state index contributed by atoms with van der Waals surface area (Å²) in [6, 6.07) is 14.2. The van der Waals surface area contributed by atoms with Crippen molar-refractivity contribution in [3.05, 3.63) is 71.0 Å². The summed E-state index contributed by atoms with van der Waals surface area (Å²) >= 11 is 0. The number of amidine groups is 1. The van der Waals surface area contributed by atoms with Crippen molar-refractivity contribution in [3.8, 4) is 0 Å². The summed E-state index contributed by atoms with van der Waals surface area (Å²) in [4.78, 5) is 0. The molecule has 2 aromatic carbocycles. The monoisotopic (exact) mass is 287 g/mol. The summed E-state index contributed by atoms with van der Waals surface area (Å²) in [5.74, 6) is -0.0727. The van der Waals surface area contributed by atoms with E-state index >= 15 is 0 Å². The fraction of sp³-hybridized carbons (Fsp3) is 0.188. The van der Waals surface area contributed by atoms with Gasteiger partial charge in [-0.3, -0.25) is 0 Å². The summed E-state index contributed by atoms with van der Waals surface area (Å²) < 4.78 is 13.4. The predicted molar refractivity (Wildman–Crippen MR) is 80.8 cm³/mol. The fourth-order valence-corrected chi connectivity index (χ4v) is 2.01. The van der Waals surface area contributed by atoms with Crippen molar-refractivity contribution < 1.29 is 9.60 Å². The van der Waals surface area contributed by atoms with Crippen LogP contribution in [0, 0.1) is 5.82 Å². The maximum Gasteiger partial charge on any atom is 0.170 e. The van der Waals surface area contributed by atoms with Crippen molar-refractivity contribution in [1.29, 1.82) is 0 Å². The molecule has 0 saturated heterocycles. The van der Waals surface area contributed by atoms with Crippen molar-refractivity contribution in [2.24, 2.45) is 10.9 Å².